The zero-order valence-electron chi connectivity index (χ0n) is 36.4. The van der Waals surface area contributed by atoms with Gasteiger partial charge in [-0.1, -0.05) is 189 Å². The summed E-state index contributed by atoms with van der Waals surface area (Å²) in [6, 6.07) is 0. The number of unbranched alkanes of at least 4 members (excludes halogenated alkanes) is 19. The third-order valence-electron chi connectivity index (χ3n) is 9.67. The summed E-state index contributed by atoms with van der Waals surface area (Å²) in [6.07, 6.45) is 63.7. The van der Waals surface area contributed by atoms with E-state index in [1.54, 1.807) is 0 Å². The zero-order valence-corrected chi connectivity index (χ0v) is 36.4. The monoisotopic (exact) mass is 779 g/mol. The van der Waals surface area contributed by atoms with E-state index in [0.717, 1.165) is 89.9 Å². The zero-order chi connectivity index (χ0) is 40.7. The van der Waals surface area contributed by atoms with E-state index in [9.17, 15) is 14.7 Å². The van der Waals surface area contributed by atoms with Gasteiger partial charge in [0.15, 0.2) is 6.10 Å². The van der Waals surface area contributed by atoms with Gasteiger partial charge in [-0.25, -0.2) is 0 Å². The normalized spacial score (nSPS) is 13.0. The van der Waals surface area contributed by atoms with Gasteiger partial charge in [-0.3, -0.25) is 9.59 Å². The molecule has 0 bridgehead atoms. The molecule has 5 nitrogen and oxygen atoms in total. The first-order chi connectivity index (χ1) is 27.6. The maximum absolute atomic E-state index is 12.2. The Bertz CT molecular complexity index is 1060. The van der Waals surface area contributed by atoms with Crippen molar-refractivity contribution < 1.29 is 24.2 Å². The van der Waals surface area contributed by atoms with Crippen LogP contribution in [0, 0.1) is 0 Å². The number of hydrogen-bond acceptors (Lipinski definition) is 5. The Balaban J connectivity index is 3.58. The number of aliphatic hydroxyl groups excluding tert-OH is 1. The van der Waals surface area contributed by atoms with Crippen molar-refractivity contribution in [3.8, 4) is 0 Å². The summed E-state index contributed by atoms with van der Waals surface area (Å²) in [5.74, 6) is -0.627. The highest BCUT2D eigenvalue weighted by Gasteiger charge is 2.16. The second kappa shape index (κ2) is 46.5. The van der Waals surface area contributed by atoms with Crippen LogP contribution >= 0.6 is 0 Å². The molecule has 320 valence electrons. The fourth-order valence-electron chi connectivity index (χ4n) is 6.20. The Morgan fingerprint density at radius 3 is 1.16 bits per heavy atom. The summed E-state index contributed by atoms with van der Waals surface area (Å²) in [5.41, 5.74) is 0. The molecular weight excluding hydrogens is 693 g/mol. The molecule has 1 atom stereocenters. The van der Waals surface area contributed by atoms with E-state index < -0.39 is 6.10 Å². The smallest absolute Gasteiger partial charge is 0.306 e. The number of aliphatic hydroxyl groups is 1. The number of rotatable bonds is 41. The molecule has 56 heavy (non-hydrogen) atoms. The Kier molecular flexibility index (Phi) is 44.0. The lowest BCUT2D eigenvalue weighted by Gasteiger charge is -2.15. The minimum atomic E-state index is -0.791. The summed E-state index contributed by atoms with van der Waals surface area (Å²) in [6.45, 7) is 3.99. The maximum atomic E-state index is 12.2. The standard InChI is InChI=1S/C51H86O5/c1-3-5-7-9-11-13-15-17-19-21-22-23-24-25-26-27-28-30-31-33-35-37-39-41-43-45-50(53)55-48-49(47-52)56-51(54)46-44-42-40-38-36-34-32-29-20-18-16-14-12-10-8-6-4-2/h6,8,12,14-15,17-18,20-22,24-25,32,34,49,52H,3-5,7,9-11,13,16,19,23,26-31,33,35-48H2,1-2H3/b8-6-,14-12-,17-15-,20-18-,22-21-,25-24-,34-32-. The molecule has 0 heterocycles. The Labute approximate surface area is 346 Å². The summed E-state index contributed by atoms with van der Waals surface area (Å²) in [5, 5.41) is 9.59. The van der Waals surface area contributed by atoms with Crippen LogP contribution in [0.1, 0.15) is 206 Å². The lowest BCUT2D eigenvalue weighted by molar-refractivity contribution is -0.161. The molecule has 5 heteroatoms. The number of allylic oxidation sites excluding steroid dienone is 14. The summed E-state index contributed by atoms with van der Waals surface area (Å²) < 4.78 is 10.6. The van der Waals surface area contributed by atoms with Crippen LogP contribution in [0.4, 0.5) is 0 Å². The average Bonchev–Trinajstić information content (AvgIpc) is 3.20. The fourth-order valence-corrected chi connectivity index (χ4v) is 6.20. The van der Waals surface area contributed by atoms with Gasteiger partial charge in [-0.15, -0.1) is 0 Å². The highest BCUT2D eigenvalue weighted by molar-refractivity contribution is 5.70. The van der Waals surface area contributed by atoms with E-state index in [0.29, 0.717) is 12.8 Å². The molecule has 0 fully saturated rings. The Morgan fingerprint density at radius 2 is 0.768 bits per heavy atom. The molecule has 0 saturated carbocycles. The van der Waals surface area contributed by atoms with Crippen LogP contribution < -0.4 is 0 Å². The van der Waals surface area contributed by atoms with Crippen molar-refractivity contribution >= 4 is 11.9 Å². The minimum absolute atomic E-state index is 0.0823. The van der Waals surface area contributed by atoms with Crippen molar-refractivity contribution in [2.75, 3.05) is 13.2 Å². The second-order valence-corrected chi connectivity index (χ2v) is 15.1. The molecule has 0 spiro atoms. The molecular formula is C51H86O5. The average molecular weight is 779 g/mol. The third-order valence-corrected chi connectivity index (χ3v) is 9.67. The van der Waals surface area contributed by atoms with Crippen molar-refractivity contribution in [3.05, 3.63) is 85.1 Å². The Hall–Kier alpha value is -2.92. The van der Waals surface area contributed by atoms with E-state index in [1.807, 2.05) is 0 Å². The van der Waals surface area contributed by atoms with E-state index >= 15 is 0 Å². The summed E-state index contributed by atoms with van der Waals surface area (Å²) in [4.78, 5) is 24.4. The summed E-state index contributed by atoms with van der Waals surface area (Å²) >= 11 is 0. The van der Waals surface area contributed by atoms with Gasteiger partial charge < -0.3 is 14.6 Å². The van der Waals surface area contributed by atoms with Crippen LogP contribution in [-0.4, -0.2) is 36.4 Å². The molecule has 0 aromatic heterocycles. The molecule has 0 aromatic carbocycles. The van der Waals surface area contributed by atoms with Crippen LogP contribution in [0.5, 0.6) is 0 Å². The molecule has 1 unspecified atom stereocenters. The van der Waals surface area contributed by atoms with Crippen LogP contribution in [0.2, 0.25) is 0 Å². The van der Waals surface area contributed by atoms with Crippen molar-refractivity contribution in [2.24, 2.45) is 0 Å². The predicted octanol–water partition coefficient (Wildman–Crippen LogP) is 15.1. The largest absolute Gasteiger partial charge is 0.462 e. The van der Waals surface area contributed by atoms with E-state index in [-0.39, 0.29) is 25.2 Å². The number of carbonyl (C=O) groups is 2. The quantitative estimate of drug-likeness (QED) is 0.0380. The SMILES string of the molecule is CC/C=C\C/C=C\C/C=C\C/C=C\CCCCCCC(=O)OC(CO)COC(=O)CCCCCCCCCCCC/C=C\C/C=C\C/C=C\CCCCCCC. The first-order valence-corrected chi connectivity index (χ1v) is 23.1. The maximum Gasteiger partial charge on any atom is 0.306 e. The van der Waals surface area contributed by atoms with Gasteiger partial charge in [0, 0.05) is 12.8 Å². The van der Waals surface area contributed by atoms with Gasteiger partial charge in [0.05, 0.1) is 6.61 Å². The lowest BCUT2D eigenvalue weighted by atomic mass is 10.1. The van der Waals surface area contributed by atoms with E-state index in [4.69, 9.17) is 9.47 Å². The molecule has 0 aliphatic carbocycles. The van der Waals surface area contributed by atoms with Crippen LogP contribution in [0.15, 0.2) is 85.1 Å². The van der Waals surface area contributed by atoms with Crippen LogP contribution in [0.25, 0.3) is 0 Å². The van der Waals surface area contributed by atoms with Gasteiger partial charge in [0.1, 0.15) is 6.61 Å². The topological polar surface area (TPSA) is 72.8 Å². The van der Waals surface area contributed by atoms with Crippen molar-refractivity contribution in [1.29, 1.82) is 0 Å². The van der Waals surface area contributed by atoms with Crippen molar-refractivity contribution in [3.63, 3.8) is 0 Å². The molecule has 1 N–H and O–H groups in total. The molecule has 0 aliphatic heterocycles. The predicted molar refractivity (Wildman–Crippen MR) is 242 cm³/mol. The van der Waals surface area contributed by atoms with Gasteiger partial charge in [-0.05, 0) is 89.9 Å². The highest BCUT2D eigenvalue weighted by atomic mass is 16.6. The van der Waals surface area contributed by atoms with Gasteiger partial charge >= 0.3 is 11.9 Å². The molecule has 0 radical (unpaired) electrons. The molecule has 0 amide bonds. The second-order valence-electron chi connectivity index (χ2n) is 15.1. The number of hydrogen-bond donors (Lipinski definition) is 1. The molecule has 0 rings (SSSR count). The highest BCUT2D eigenvalue weighted by Crippen LogP contribution is 2.13. The first kappa shape index (κ1) is 53.1. The van der Waals surface area contributed by atoms with Crippen molar-refractivity contribution in [1.82, 2.24) is 0 Å². The number of ether oxygens (including phenoxy) is 2. The van der Waals surface area contributed by atoms with Gasteiger partial charge in [0.25, 0.3) is 0 Å². The number of carbonyl (C=O) groups excluding carboxylic acids is 2. The molecule has 0 aromatic rings. The fraction of sp³-hybridized carbons (Fsp3) is 0.686. The first-order valence-electron chi connectivity index (χ1n) is 23.1. The van der Waals surface area contributed by atoms with Gasteiger partial charge in [0.2, 0.25) is 0 Å². The van der Waals surface area contributed by atoms with Crippen molar-refractivity contribution in [2.45, 2.75) is 213 Å². The van der Waals surface area contributed by atoms with Gasteiger partial charge in [-0.2, -0.15) is 0 Å². The molecule has 0 saturated heterocycles. The van der Waals surface area contributed by atoms with E-state index in [2.05, 4.69) is 98.9 Å². The van der Waals surface area contributed by atoms with Crippen LogP contribution in [-0.2, 0) is 19.1 Å². The Morgan fingerprint density at radius 1 is 0.429 bits per heavy atom. The minimum Gasteiger partial charge on any atom is -0.462 e. The molecule has 0 aliphatic rings. The van der Waals surface area contributed by atoms with Crippen LogP contribution in [0.3, 0.4) is 0 Å². The third kappa shape index (κ3) is 43.8. The van der Waals surface area contributed by atoms with E-state index in [1.165, 1.54) is 89.9 Å². The number of esters is 2. The lowest BCUT2D eigenvalue weighted by Crippen LogP contribution is -2.28. The summed E-state index contributed by atoms with van der Waals surface area (Å²) in [7, 11) is 0.